The van der Waals surface area contributed by atoms with Crippen LogP contribution in [0.1, 0.15) is 50.6 Å². The average molecular weight is 346 g/mol. The number of esters is 1. The number of thioether (sulfide) groups is 2. The second-order valence-corrected chi connectivity index (χ2v) is 9.67. The van der Waals surface area contributed by atoms with Crippen molar-refractivity contribution in [2.24, 2.45) is 0 Å². The Kier molecular flexibility index (Phi) is 5.65. The van der Waals surface area contributed by atoms with Crippen LogP contribution in [0.5, 0.6) is 0 Å². The van der Waals surface area contributed by atoms with E-state index in [0.29, 0.717) is 22.4 Å². The van der Waals surface area contributed by atoms with Gasteiger partial charge in [-0.2, -0.15) is 11.8 Å². The quantitative estimate of drug-likeness (QED) is 0.762. The van der Waals surface area contributed by atoms with Gasteiger partial charge in [-0.15, -0.1) is 23.1 Å². The first-order valence-corrected chi connectivity index (χ1v) is 10.1. The van der Waals surface area contributed by atoms with Gasteiger partial charge in [0, 0.05) is 21.6 Å². The van der Waals surface area contributed by atoms with Gasteiger partial charge in [0.1, 0.15) is 10.4 Å². The fourth-order valence-electron chi connectivity index (χ4n) is 2.05. The zero-order valence-corrected chi connectivity index (χ0v) is 15.7. The Morgan fingerprint density at radius 3 is 2.76 bits per heavy atom. The Bertz CT molecular complexity index is 501. The predicted octanol–water partition coefficient (Wildman–Crippen LogP) is 4.28. The number of carbonyl (C=O) groups excluding carboxylic acids is 1. The van der Waals surface area contributed by atoms with E-state index in [0.717, 1.165) is 16.5 Å². The van der Waals surface area contributed by atoms with Crippen LogP contribution in [0, 0.1) is 0 Å². The zero-order chi connectivity index (χ0) is 15.6. The molecule has 21 heavy (non-hydrogen) atoms. The Balaban J connectivity index is 2.12. The molecule has 3 atom stereocenters. The van der Waals surface area contributed by atoms with Gasteiger partial charge in [-0.25, -0.2) is 4.98 Å². The van der Waals surface area contributed by atoms with E-state index in [4.69, 9.17) is 9.72 Å². The summed E-state index contributed by atoms with van der Waals surface area (Å²) in [4.78, 5) is 16.8. The van der Waals surface area contributed by atoms with Gasteiger partial charge in [-0.3, -0.25) is 4.79 Å². The molecule has 0 radical (unpaired) electrons. The SMILES string of the molecule is CCOC(=O)C(C)(C)c1csc(C2CSC(C)C(C)S2)n1. The molecule has 1 aliphatic heterocycles. The molecule has 118 valence electrons. The predicted molar refractivity (Wildman–Crippen MR) is 93.5 cm³/mol. The van der Waals surface area contributed by atoms with E-state index < -0.39 is 5.41 Å². The fraction of sp³-hybridized carbons (Fsp3) is 0.733. The van der Waals surface area contributed by atoms with Gasteiger partial charge in [0.25, 0.3) is 0 Å². The third-order valence-corrected chi connectivity index (χ3v) is 8.28. The topological polar surface area (TPSA) is 39.2 Å². The molecule has 1 aromatic heterocycles. The summed E-state index contributed by atoms with van der Waals surface area (Å²) in [5, 5.41) is 4.93. The van der Waals surface area contributed by atoms with Gasteiger partial charge in [0.05, 0.1) is 17.6 Å². The molecule has 3 nitrogen and oxygen atoms in total. The highest BCUT2D eigenvalue weighted by molar-refractivity contribution is 8.07. The second kappa shape index (κ2) is 6.92. The van der Waals surface area contributed by atoms with Crippen molar-refractivity contribution in [1.29, 1.82) is 0 Å². The Morgan fingerprint density at radius 1 is 1.43 bits per heavy atom. The molecule has 0 spiro atoms. The van der Waals surface area contributed by atoms with Crippen molar-refractivity contribution >= 4 is 40.8 Å². The third-order valence-electron chi connectivity index (χ3n) is 3.77. The van der Waals surface area contributed by atoms with Gasteiger partial charge in [-0.1, -0.05) is 13.8 Å². The van der Waals surface area contributed by atoms with Crippen molar-refractivity contribution in [3.8, 4) is 0 Å². The number of thiazole rings is 1. The van der Waals surface area contributed by atoms with Crippen LogP contribution in [0.2, 0.25) is 0 Å². The number of carbonyl (C=O) groups is 1. The summed E-state index contributed by atoms with van der Waals surface area (Å²) in [5.74, 6) is 0.901. The van der Waals surface area contributed by atoms with Gasteiger partial charge < -0.3 is 4.74 Å². The molecule has 2 heterocycles. The molecule has 0 saturated carbocycles. The minimum atomic E-state index is -0.670. The monoisotopic (exact) mass is 345 g/mol. The van der Waals surface area contributed by atoms with Crippen LogP contribution >= 0.6 is 34.9 Å². The smallest absolute Gasteiger partial charge is 0.317 e. The maximum absolute atomic E-state index is 12.1. The van der Waals surface area contributed by atoms with Crippen LogP contribution in [-0.4, -0.2) is 33.8 Å². The lowest BCUT2D eigenvalue weighted by Gasteiger charge is -2.30. The Hall–Kier alpha value is -0.200. The minimum Gasteiger partial charge on any atom is -0.465 e. The van der Waals surface area contributed by atoms with Crippen LogP contribution in [-0.2, 0) is 14.9 Å². The van der Waals surface area contributed by atoms with E-state index >= 15 is 0 Å². The highest BCUT2D eigenvalue weighted by Gasteiger charge is 2.35. The average Bonchev–Trinajstić information content (AvgIpc) is 2.92. The van der Waals surface area contributed by atoms with Crippen LogP contribution < -0.4 is 0 Å². The number of aromatic nitrogens is 1. The maximum atomic E-state index is 12.1. The van der Waals surface area contributed by atoms with Crippen molar-refractivity contribution in [1.82, 2.24) is 4.98 Å². The molecule has 1 aromatic rings. The van der Waals surface area contributed by atoms with Crippen LogP contribution in [0.25, 0.3) is 0 Å². The fourth-order valence-corrected chi connectivity index (χ4v) is 6.25. The lowest BCUT2D eigenvalue weighted by Crippen LogP contribution is -2.31. The van der Waals surface area contributed by atoms with Crippen molar-refractivity contribution in [2.45, 2.75) is 55.8 Å². The highest BCUT2D eigenvalue weighted by Crippen LogP contribution is 2.45. The molecule has 0 aliphatic carbocycles. The molecule has 0 N–H and O–H groups in total. The first kappa shape index (κ1) is 17.2. The van der Waals surface area contributed by atoms with Crippen LogP contribution in [0.3, 0.4) is 0 Å². The molecule has 6 heteroatoms. The second-order valence-electron chi connectivity index (χ2n) is 5.78. The standard InChI is InChI=1S/C15H23NO2S3/c1-6-18-14(17)15(4,5)12-8-20-13(16-12)11-7-19-9(2)10(3)21-11/h8-11H,6-7H2,1-5H3. The lowest BCUT2D eigenvalue weighted by atomic mass is 9.90. The zero-order valence-electron chi connectivity index (χ0n) is 13.2. The van der Waals surface area contributed by atoms with E-state index in [1.807, 2.05) is 49.7 Å². The summed E-state index contributed by atoms with van der Waals surface area (Å²) in [5.41, 5.74) is 0.161. The van der Waals surface area contributed by atoms with Crippen molar-refractivity contribution < 1.29 is 9.53 Å². The lowest BCUT2D eigenvalue weighted by molar-refractivity contribution is -0.148. The van der Waals surface area contributed by atoms with Gasteiger partial charge in [-0.05, 0) is 20.8 Å². The summed E-state index contributed by atoms with van der Waals surface area (Å²) < 4.78 is 5.16. The number of nitrogens with zero attached hydrogens (tertiary/aromatic N) is 1. The van der Waals surface area contributed by atoms with Crippen molar-refractivity contribution in [3.63, 3.8) is 0 Å². The summed E-state index contributed by atoms with van der Waals surface area (Å²) in [6.07, 6.45) is 0. The molecular weight excluding hydrogens is 322 g/mol. The molecule has 1 aliphatic rings. The minimum absolute atomic E-state index is 0.200. The molecule has 2 rings (SSSR count). The molecule has 1 saturated heterocycles. The van der Waals surface area contributed by atoms with E-state index in [9.17, 15) is 4.79 Å². The normalized spacial score (nSPS) is 26.6. The Labute approximate surface area is 139 Å². The van der Waals surface area contributed by atoms with E-state index in [1.54, 1.807) is 11.3 Å². The van der Waals surface area contributed by atoms with Crippen LogP contribution in [0.4, 0.5) is 0 Å². The van der Waals surface area contributed by atoms with E-state index in [2.05, 4.69) is 13.8 Å². The van der Waals surface area contributed by atoms with Gasteiger partial charge in [0.15, 0.2) is 0 Å². The first-order valence-electron chi connectivity index (χ1n) is 7.26. The molecule has 1 fully saturated rings. The summed E-state index contributed by atoms with van der Waals surface area (Å²) in [7, 11) is 0. The van der Waals surface area contributed by atoms with E-state index in [1.165, 1.54) is 0 Å². The maximum Gasteiger partial charge on any atom is 0.317 e. The Morgan fingerprint density at radius 2 is 2.14 bits per heavy atom. The highest BCUT2D eigenvalue weighted by atomic mass is 32.2. The third kappa shape index (κ3) is 3.77. The first-order chi connectivity index (χ1) is 9.86. The number of rotatable bonds is 4. The number of hydrogen-bond acceptors (Lipinski definition) is 6. The molecule has 3 unspecified atom stereocenters. The molecule has 0 bridgehead atoms. The largest absolute Gasteiger partial charge is 0.465 e. The summed E-state index contributed by atoms with van der Waals surface area (Å²) in [6.45, 7) is 10.6. The summed E-state index contributed by atoms with van der Waals surface area (Å²) in [6, 6.07) is 0. The van der Waals surface area contributed by atoms with Crippen LogP contribution in [0.15, 0.2) is 5.38 Å². The van der Waals surface area contributed by atoms with Crippen molar-refractivity contribution in [3.05, 3.63) is 16.1 Å². The van der Waals surface area contributed by atoms with E-state index in [-0.39, 0.29) is 5.97 Å². The number of hydrogen-bond donors (Lipinski definition) is 0. The molecular formula is C15H23NO2S3. The van der Waals surface area contributed by atoms with Gasteiger partial charge in [0.2, 0.25) is 0 Å². The van der Waals surface area contributed by atoms with Crippen molar-refractivity contribution in [2.75, 3.05) is 12.4 Å². The number of ether oxygens (including phenoxy) is 1. The molecule has 0 amide bonds. The summed E-state index contributed by atoms with van der Waals surface area (Å²) >= 11 is 5.68. The molecule has 0 aromatic carbocycles. The van der Waals surface area contributed by atoms with Gasteiger partial charge >= 0.3 is 5.97 Å².